The molecule has 1 aromatic rings. The average molecular weight is 313 g/mol. The second-order valence-corrected chi connectivity index (χ2v) is 6.33. The molecule has 3 heterocycles. The summed E-state index contributed by atoms with van der Waals surface area (Å²) in [6, 6.07) is 0. The normalized spacial score (nSPS) is 27.9. The third kappa shape index (κ3) is 2.12. The van der Waals surface area contributed by atoms with Crippen molar-refractivity contribution in [3.8, 4) is 0 Å². The molecule has 2 aliphatic heterocycles. The van der Waals surface area contributed by atoms with Gasteiger partial charge in [-0.15, -0.1) is 0 Å². The number of aromatic nitrogens is 2. The molecule has 4 nitrogen and oxygen atoms in total. The van der Waals surface area contributed by atoms with Gasteiger partial charge in [0.1, 0.15) is 0 Å². The molecule has 100 valence electrons. The predicted octanol–water partition coefficient (Wildman–Crippen LogP) is 1.63. The zero-order valence-electron chi connectivity index (χ0n) is 11.1. The second-order valence-electron chi connectivity index (χ2n) is 5.53. The molecule has 2 saturated heterocycles. The molecule has 2 fully saturated rings. The number of nitrogens with zero attached hydrogens (tertiary/aromatic N) is 3. The fraction of sp³-hybridized carbons (Fsp3) is 0.769. The number of rotatable bonds is 3. The molecule has 18 heavy (non-hydrogen) atoms. The molecular formula is C13H21BrN4. The highest BCUT2D eigenvalue weighted by Gasteiger charge is 2.36. The van der Waals surface area contributed by atoms with Crippen LogP contribution in [0.1, 0.15) is 18.3 Å². The molecule has 0 unspecified atom stereocenters. The smallest absolute Gasteiger partial charge is 0.0739 e. The Morgan fingerprint density at radius 1 is 1.33 bits per heavy atom. The van der Waals surface area contributed by atoms with Crippen molar-refractivity contribution in [2.75, 3.05) is 26.2 Å². The zero-order valence-corrected chi connectivity index (χ0v) is 12.7. The van der Waals surface area contributed by atoms with E-state index in [0.717, 1.165) is 30.6 Å². The molecule has 5 heteroatoms. The Labute approximate surface area is 117 Å². The summed E-state index contributed by atoms with van der Waals surface area (Å²) in [7, 11) is 0. The summed E-state index contributed by atoms with van der Waals surface area (Å²) in [6.07, 6.45) is 0. The maximum atomic E-state index is 4.57. The van der Waals surface area contributed by atoms with Gasteiger partial charge in [0.05, 0.1) is 15.9 Å². The standard InChI is InChI=1S/C13H21BrN4/c1-3-18-12(13(14)9(2)16-18)8-17-6-10-4-15-5-11(10)7-17/h10-11,15H,3-8H2,1-2H3/t10-,11+. The first-order valence-electron chi connectivity index (χ1n) is 6.84. The summed E-state index contributed by atoms with van der Waals surface area (Å²) >= 11 is 3.69. The number of nitrogens with one attached hydrogen (secondary N) is 1. The van der Waals surface area contributed by atoms with Gasteiger partial charge in [-0.25, -0.2) is 0 Å². The first-order valence-corrected chi connectivity index (χ1v) is 7.63. The quantitative estimate of drug-likeness (QED) is 0.921. The Hall–Kier alpha value is -0.390. The van der Waals surface area contributed by atoms with Gasteiger partial charge in [-0.3, -0.25) is 9.58 Å². The molecule has 1 N–H and O–H groups in total. The summed E-state index contributed by atoms with van der Waals surface area (Å²) in [6.45, 7) is 11.1. The Morgan fingerprint density at radius 2 is 2.00 bits per heavy atom. The number of fused-ring (bicyclic) bond motifs is 1. The molecule has 0 saturated carbocycles. The van der Waals surface area contributed by atoms with Crippen LogP contribution in [0, 0.1) is 18.8 Å². The van der Waals surface area contributed by atoms with E-state index in [-0.39, 0.29) is 0 Å². The summed E-state index contributed by atoms with van der Waals surface area (Å²) in [4.78, 5) is 2.59. The highest BCUT2D eigenvalue weighted by molar-refractivity contribution is 9.10. The van der Waals surface area contributed by atoms with Crippen molar-refractivity contribution in [3.05, 3.63) is 15.9 Å². The van der Waals surface area contributed by atoms with Gasteiger partial charge in [-0.1, -0.05) is 0 Å². The van der Waals surface area contributed by atoms with Crippen molar-refractivity contribution in [1.29, 1.82) is 0 Å². The number of halogens is 1. The topological polar surface area (TPSA) is 33.1 Å². The van der Waals surface area contributed by atoms with Gasteiger partial charge in [-0.2, -0.15) is 5.10 Å². The largest absolute Gasteiger partial charge is 0.316 e. The van der Waals surface area contributed by atoms with Crippen molar-refractivity contribution in [2.24, 2.45) is 11.8 Å². The fourth-order valence-corrected chi connectivity index (χ4v) is 3.72. The van der Waals surface area contributed by atoms with Gasteiger partial charge in [-0.05, 0) is 54.7 Å². The van der Waals surface area contributed by atoms with Crippen LogP contribution in [0.2, 0.25) is 0 Å². The van der Waals surface area contributed by atoms with Gasteiger partial charge in [0.15, 0.2) is 0 Å². The molecule has 0 spiro atoms. The highest BCUT2D eigenvalue weighted by atomic mass is 79.9. The van der Waals surface area contributed by atoms with Crippen LogP contribution in [0.4, 0.5) is 0 Å². The monoisotopic (exact) mass is 312 g/mol. The molecular weight excluding hydrogens is 292 g/mol. The first-order chi connectivity index (χ1) is 8.69. The van der Waals surface area contributed by atoms with Crippen LogP contribution >= 0.6 is 15.9 Å². The van der Waals surface area contributed by atoms with Gasteiger partial charge in [0, 0.05) is 26.2 Å². The molecule has 2 aliphatic rings. The van der Waals surface area contributed by atoms with Crippen LogP contribution in [0.3, 0.4) is 0 Å². The van der Waals surface area contributed by atoms with E-state index in [1.807, 2.05) is 0 Å². The van der Waals surface area contributed by atoms with Crippen LogP contribution in [0.25, 0.3) is 0 Å². The third-order valence-electron chi connectivity index (χ3n) is 4.29. The van der Waals surface area contributed by atoms with Crippen molar-refractivity contribution in [2.45, 2.75) is 26.9 Å². The molecule has 0 radical (unpaired) electrons. The van der Waals surface area contributed by atoms with E-state index in [9.17, 15) is 0 Å². The lowest BCUT2D eigenvalue weighted by Crippen LogP contribution is -2.26. The predicted molar refractivity (Wildman–Crippen MR) is 75.5 cm³/mol. The van der Waals surface area contributed by atoms with E-state index in [1.165, 1.54) is 36.3 Å². The SMILES string of the molecule is CCn1nc(C)c(Br)c1CN1C[C@H]2CNC[C@H]2C1. The number of hydrogen-bond donors (Lipinski definition) is 1. The van der Waals surface area contributed by atoms with E-state index in [4.69, 9.17) is 0 Å². The summed E-state index contributed by atoms with van der Waals surface area (Å²) in [5.74, 6) is 1.73. The third-order valence-corrected chi connectivity index (χ3v) is 5.32. The molecule has 3 rings (SSSR count). The van der Waals surface area contributed by atoms with E-state index in [2.05, 4.69) is 49.8 Å². The molecule has 1 aromatic heterocycles. The highest BCUT2D eigenvalue weighted by Crippen LogP contribution is 2.29. The van der Waals surface area contributed by atoms with Crippen LogP contribution < -0.4 is 5.32 Å². The average Bonchev–Trinajstić information content (AvgIpc) is 2.98. The minimum absolute atomic E-state index is 0.864. The van der Waals surface area contributed by atoms with Crippen molar-refractivity contribution < 1.29 is 0 Å². The molecule has 0 amide bonds. The Kier molecular flexibility index (Phi) is 3.47. The molecule has 0 aliphatic carbocycles. The van der Waals surface area contributed by atoms with Crippen molar-refractivity contribution in [3.63, 3.8) is 0 Å². The Morgan fingerprint density at radius 3 is 2.61 bits per heavy atom. The van der Waals surface area contributed by atoms with E-state index < -0.39 is 0 Å². The summed E-state index contributed by atoms with van der Waals surface area (Å²) in [5.41, 5.74) is 2.44. The van der Waals surface area contributed by atoms with Gasteiger partial charge >= 0.3 is 0 Å². The van der Waals surface area contributed by atoms with E-state index in [1.54, 1.807) is 0 Å². The van der Waals surface area contributed by atoms with Crippen molar-refractivity contribution in [1.82, 2.24) is 20.0 Å². The van der Waals surface area contributed by atoms with Gasteiger partial charge in [0.2, 0.25) is 0 Å². The lowest BCUT2D eigenvalue weighted by Gasteiger charge is -2.17. The first kappa shape index (κ1) is 12.6. The Balaban J connectivity index is 1.73. The fourth-order valence-electron chi connectivity index (χ4n) is 3.31. The molecule has 0 bridgehead atoms. The number of aryl methyl sites for hydroxylation is 2. The van der Waals surface area contributed by atoms with E-state index >= 15 is 0 Å². The minimum Gasteiger partial charge on any atom is -0.316 e. The summed E-state index contributed by atoms with van der Waals surface area (Å²) < 4.78 is 3.32. The van der Waals surface area contributed by atoms with E-state index in [0.29, 0.717) is 0 Å². The van der Waals surface area contributed by atoms with Crippen LogP contribution in [-0.4, -0.2) is 40.9 Å². The zero-order chi connectivity index (χ0) is 12.7. The van der Waals surface area contributed by atoms with Crippen LogP contribution in [0.5, 0.6) is 0 Å². The number of hydrogen-bond acceptors (Lipinski definition) is 3. The Bertz CT molecular complexity index is 430. The van der Waals surface area contributed by atoms with Crippen LogP contribution in [-0.2, 0) is 13.1 Å². The molecule has 2 atom stereocenters. The maximum absolute atomic E-state index is 4.57. The maximum Gasteiger partial charge on any atom is 0.0739 e. The lowest BCUT2D eigenvalue weighted by atomic mass is 10.0. The second kappa shape index (κ2) is 4.94. The number of likely N-dealkylation sites (tertiary alicyclic amines) is 1. The van der Waals surface area contributed by atoms with Gasteiger partial charge in [0.25, 0.3) is 0 Å². The minimum atomic E-state index is 0.864. The van der Waals surface area contributed by atoms with Crippen LogP contribution in [0.15, 0.2) is 4.47 Å². The lowest BCUT2D eigenvalue weighted by molar-refractivity contribution is 0.294. The molecule has 0 aromatic carbocycles. The van der Waals surface area contributed by atoms with Crippen molar-refractivity contribution >= 4 is 15.9 Å². The van der Waals surface area contributed by atoms with Gasteiger partial charge < -0.3 is 5.32 Å². The summed E-state index contributed by atoms with van der Waals surface area (Å²) in [5, 5.41) is 8.07.